The van der Waals surface area contributed by atoms with Gasteiger partial charge in [-0.1, -0.05) is 42.5 Å². The zero-order valence-corrected chi connectivity index (χ0v) is 18.2. The largest absolute Gasteiger partial charge is 0.416 e. The van der Waals surface area contributed by atoms with E-state index in [9.17, 15) is 23.2 Å². The Morgan fingerprint density at radius 1 is 1.03 bits per heavy atom. The number of hydrogen-bond acceptors (Lipinski definition) is 5. The van der Waals surface area contributed by atoms with Crippen LogP contribution in [0.3, 0.4) is 0 Å². The highest BCUT2D eigenvalue weighted by Crippen LogP contribution is 2.48. The fraction of sp³-hybridized carbons (Fsp3) is 0.280. The molecule has 0 unspecified atom stereocenters. The molecule has 5 nitrogen and oxygen atoms in total. The Labute approximate surface area is 190 Å². The molecule has 0 radical (unpaired) electrons. The first-order valence-corrected chi connectivity index (χ1v) is 10.5. The van der Waals surface area contributed by atoms with Crippen LogP contribution in [0.15, 0.2) is 77.3 Å². The van der Waals surface area contributed by atoms with Crippen LogP contribution in [0.4, 0.5) is 13.2 Å². The van der Waals surface area contributed by atoms with E-state index in [-0.39, 0.29) is 29.5 Å². The Kier molecular flexibility index (Phi) is 5.76. The minimum atomic E-state index is -4.48. The van der Waals surface area contributed by atoms with Crippen molar-refractivity contribution in [3.05, 3.63) is 94.0 Å². The van der Waals surface area contributed by atoms with Crippen LogP contribution >= 0.6 is 0 Å². The fourth-order valence-corrected chi connectivity index (χ4v) is 4.73. The minimum absolute atomic E-state index is 0.0652. The molecule has 1 heterocycles. The Morgan fingerprint density at radius 2 is 1.67 bits per heavy atom. The summed E-state index contributed by atoms with van der Waals surface area (Å²) in [6.45, 7) is 0. The zero-order chi connectivity index (χ0) is 23.9. The van der Waals surface area contributed by atoms with Crippen molar-refractivity contribution >= 4 is 5.78 Å². The van der Waals surface area contributed by atoms with Gasteiger partial charge >= 0.3 is 6.18 Å². The average molecular weight is 452 g/mol. The number of nitriles is 1. The van der Waals surface area contributed by atoms with E-state index in [2.05, 4.69) is 6.07 Å². The molecule has 0 saturated heterocycles. The second-order valence-corrected chi connectivity index (χ2v) is 8.42. The van der Waals surface area contributed by atoms with Crippen LogP contribution in [-0.4, -0.2) is 29.9 Å². The van der Waals surface area contributed by atoms with Gasteiger partial charge in [0, 0.05) is 31.8 Å². The molecule has 2 atom stereocenters. The van der Waals surface area contributed by atoms with E-state index in [4.69, 9.17) is 5.73 Å². The summed E-state index contributed by atoms with van der Waals surface area (Å²) in [4.78, 5) is 13.5. The van der Waals surface area contributed by atoms with Gasteiger partial charge < -0.3 is 5.73 Å². The third kappa shape index (κ3) is 4.00. The molecule has 2 N–H and O–H groups in total. The van der Waals surface area contributed by atoms with E-state index >= 15 is 0 Å². The first kappa shape index (κ1) is 22.6. The quantitative estimate of drug-likeness (QED) is 0.732. The van der Waals surface area contributed by atoms with Gasteiger partial charge in [0.25, 0.3) is 0 Å². The van der Waals surface area contributed by atoms with Gasteiger partial charge in [-0.25, -0.2) is 5.01 Å². The van der Waals surface area contributed by atoms with Crippen molar-refractivity contribution in [2.24, 2.45) is 5.73 Å². The lowest BCUT2D eigenvalue weighted by atomic mass is 9.72. The van der Waals surface area contributed by atoms with Gasteiger partial charge in [-0.2, -0.15) is 18.4 Å². The highest BCUT2D eigenvalue weighted by atomic mass is 19.4. The number of carbonyl (C=O) groups excluding carboxylic acids is 1. The summed E-state index contributed by atoms with van der Waals surface area (Å²) >= 11 is 0. The second-order valence-electron chi connectivity index (χ2n) is 8.42. The number of nitrogens with two attached hydrogens (primary N) is 1. The summed E-state index contributed by atoms with van der Waals surface area (Å²) in [7, 11) is 3.53. The number of carbonyl (C=O) groups is 1. The molecular weight excluding hydrogens is 429 g/mol. The molecule has 1 aliphatic carbocycles. The lowest BCUT2D eigenvalue weighted by Gasteiger charge is -2.43. The van der Waals surface area contributed by atoms with Crippen LogP contribution in [0, 0.1) is 11.3 Å². The predicted octanol–water partition coefficient (Wildman–Crippen LogP) is 4.68. The van der Waals surface area contributed by atoms with E-state index in [1.807, 2.05) is 30.3 Å². The Balaban J connectivity index is 1.86. The number of Topliss-reactive ketones (excluding diaryl/α,β-unsaturated/α-hetero) is 1. The predicted molar refractivity (Wildman–Crippen MR) is 117 cm³/mol. The molecule has 0 fully saturated rings. The lowest BCUT2D eigenvalue weighted by molar-refractivity contribution is -0.137. The molecule has 0 amide bonds. The maximum absolute atomic E-state index is 13.5. The molecule has 0 bridgehead atoms. The number of benzene rings is 2. The highest BCUT2D eigenvalue weighted by Gasteiger charge is 2.43. The number of hydrazine groups is 1. The van der Waals surface area contributed by atoms with Gasteiger partial charge in [0.15, 0.2) is 5.78 Å². The van der Waals surface area contributed by atoms with Crippen LogP contribution in [0.2, 0.25) is 0 Å². The van der Waals surface area contributed by atoms with Crippen molar-refractivity contribution in [1.29, 1.82) is 5.26 Å². The topological polar surface area (TPSA) is 73.4 Å². The normalized spacial score (nSPS) is 21.4. The first-order valence-electron chi connectivity index (χ1n) is 10.5. The molecule has 0 aromatic heterocycles. The van der Waals surface area contributed by atoms with Crippen LogP contribution in [0.5, 0.6) is 0 Å². The minimum Gasteiger partial charge on any atom is -0.383 e. The number of alkyl halides is 3. The molecule has 4 rings (SSSR count). The van der Waals surface area contributed by atoms with Crippen molar-refractivity contribution in [2.45, 2.75) is 30.9 Å². The lowest BCUT2D eigenvalue weighted by Crippen LogP contribution is -2.46. The van der Waals surface area contributed by atoms with E-state index in [1.54, 1.807) is 24.1 Å². The number of rotatable bonds is 3. The van der Waals surface area contributed by atoms with E-state index < -0.39 is 17.7 Å². The number of halogens is 3. The highest BCUT2D eigenvalue weighted by molar-refractivity contribution is 6.00. The fourth-order valence-electron chi connectivity index (χ4n) is 4.73. The third-order valence-electron chi connectivity index (χ3n) is 6.18. The molecule has 1 aliphatic heterocycles. The number of allylic oxidation sites excluding steroid dienone is 3. The van der Waals surface area contributed by atoms with E-state index in [1.165, 1.54) is 12.1 Å². The number of nitrogens with zero attached hydrogens (tertiary/aromatic N) is 3. The van der Waals surface area contributed by atoms with Crippen molar-refractivity contribution in [1.82, 2.24) is 10.0 Å². The monoisotopic (exact) mass is 452 g/mol. The molecule has 2 aliphatic rings. The Hall–Kier alpha value is -3.57. The Bertz CT molecular complexity index is 1170. The summed E-state index contributed by atoms with van der Waals surface area (Å²) in [6, 6.07) is 16.4. The SMILES string of the molecule is CN(C)N1C(N)=C(C#N)[C@@H](c2ccc(C(F)(F)F)cc2)C2=C1C[C@H](c1ccccc1)CC2=O. The van der Waals surface area contributed by atoms with Crippen LogP contribution in [0.25, 0.3) is 0 Å². The summed E-state index contributed by atoms with van der Waals surface area (Å²) in [5.41, 5.74) is 8.32. The van der Waals surface area contributed by atoms with E-state index in [0.29, 0.717) is 23.3 Å². The van der Waals surface area contributed by atoms with Crippen molar-refractivity contribution < 1.29 is 18.0 Å². The van der Waals surface area contributed by atoms with Crippen LogP contribution < -0.4 is 5.73 Å². The molecule has 2 aromatic carbocycles. The molecular formula is C25H23F3N4O. The molecule has 8 heteroatoms. The maximum atomic E-state index is 13.5. The molecule has 2 aromatic rings. The van der Waals surface area contributed by atoms with Crippen LogP contribution in [0.1, 0.15) is 41.4 Å². The van der Waals surface area contributed by atoms with Crippen molar-refractivity contribution in [3.63, 3.8) is 0 Å². The van der Waals surface area contributed by atoms with Gasteiger partial charge in [0.2, 0.25) is 0 Å². The molecule has 0 saturated carbocycles. The third-order valence-corrected chi connectivity index (χ3v) is 6.18. The van der Waals surface area contributed by atoms with Gasteiger partial charge in [0.1, 0.15) is 5.82 Å². The Morgan fingerprint density at radius 3 is 2.21 bits per heavy atom. The average Bonchev–Trinajstić information content (AvgIpc) is 2.78. The zero-order valence-electron chi connectivity index (χ0n) is 18.2. The number of hydrogen-bond donors (Lipinski definition) is 1. The molecule has 0 spiro atoms. The maximum Gasteiger partial charge on any atom is 0.416 e. The van der Waals surface area contributed by atoms with Gasteiger partial charge in [-0.05, 0) is 35.6 Å². The summed E-state index contributed by atoms with van der Waals surface area (Å²) in [5.74, 6) is -0.841. The van der Waals surface area contributed by atoms with Gasteiger partial charge in [0.05, 0.1) is 23.1 Å². The first-order chi connectivity index (χ1) is 15.6. The summed E-state index contributed by atoms with van der Waals surface area (Å²) in [5, 5.41) is 13.3. The van der Waals surface area contributed by atoms with Gasteiger partial charge in [-0.15, -0.1) is 0 Å². The summed E-state index contributed by atoms with van der Waals surface area (Å²) < 4.78 is 39.3. The number of ketones is 1. The van der Waals surface area contributed by atoms with Crippen molar-refractivity contribution in [3.8, 4) is 6.07 Å². The molecule has 170 valence electrons. The standard InChI is InChI=1S/C25H23F3N4O/c1-31(2)32-20-12-17(15-6-4-3-5-7-15)13-21(33)23(20)22(19(14-29)24(32)30)16-8-10-18(11-9-16)25(26,27)28/h3-11,17,22H,12-13,30H2,1-2H3/t17-,22+/m0/s1. The smallest absolute Gasteiger partial charge is 0.383 e. The van der Waals surface area contributed by atoms with Crippen LogP contribution in [-0.2, 0) is 11.0 Å². The molecule has 33 heavy (non-hydrogen) atoms. The van der Waals surface area contributed by atoms with E-state index in [0.717, 1.165) is 17.7 Å². The van der Waals surface area contributed by atoms with Crippen molar-refractivity contribution in [2.75, 3.05) is 14.1 Å². The van der Waals surface area contributed by atoms with Gasteiger partial charge in [-0.3, -0.25) is 9.80 Å². The summed E-state index contributed by atoms with van der Waals surface area (Å²) in [6.07, 6.45) is -3.71. The second kappa shape index (κ2) is 8.41.